The fourth-order valence-corrected chi connectivity index (χ4v) is 2.80. The quantitative estimate of drug-likeness (QED) is 0.829. The molecule has 2 aromatic heterocycles. The van der Waals surface area contributed by atoms with E-state index in [0.29, 0.717) is 6.61 Å². The Morgan fingerprint density at radius 2 is 2.39 bits per heavy atom. The molecule has 0 aliphatic heterocycles. The minimum Gasteiger partial charge on any atom is -0.383 e. The minimum absolute atomic E-state index is 0.704. The van der Waals surface area contributed by atoms with Gasteiger partial charge in [-0.1, -0.05) is 0 Å². The molecular weight excluding hydrogens is 314 g/mol. The molecule has 6 heteroatoms. The molecule has 2 rings (SSSR count). The topological polar surface area (TPSA) is 47.0 Å². The number of rotatable bonds is 6. The van der Waals surface area contributed by atoms with Gasteiger partial charge in [0.25, 0.3) is 0 Å². The first-order valence-electron chi connectivity index (χ1n) is 5.55. The highest BCUT2D eigenvalue weighted by Gasteiger charge is 2.05. The number of hydrogen-bond donors (Lipinski definition) is 1. The first-order chi connectivity index (χ1) is 8.79. The van der Waals surface area contributed by atoms with Gasteiger partial charge in [0.05, 0.1) is 17.2 Å². The van der Waals surface area contributed by atoms with E-state index in [1.54, 1.807) is 24.6 Å². The van der Waals surface area contributed by atoms with E-state index in [1.807, 2.05) is 17.5 Å². The second-order valence-electron chi connectivity index (χ2n) is 3.67. The molecule has 0 aliphatic rings. The number of nitrogens with zero attached hydrogens (tertiary/aromatic N) is 2. The van der Waals surface area contributed by atoms with Crippen LogP contribution in [0.1, 0.15) is 5.69 Å². The van der Waals surface area contributed by atoms with Crippen molar-refractivity contribution in [3.8, 4) is 10.7 Å². The Bertz CT molecular complexity index is 504. The lowest BCUT2D eigenvalue weighted by Crippen LogP contribution is -2.19. The van der Waals surface area contributed by atoms with Crippen molar-refractivity contribution in [3.05, 3.63) is 33.9 Å². The van der Waals surface area contributed by atoms with Crippen molar-refractivity contribution in [1.82, 2.24) is 15.3 Å². The Kier molecular flexibility index (Phi) is 5.25. The lowest BCUT2D eigenvalue weighted by atomic mass is 10.3. The van der Waals surface area contributed by atoms with Crippen LogP contribution >= 0.6 is 27.3 Å². The van der Waals surface area contributed by atoms with E-state index in [0.717, 1.165) is 34.0 Å². The van der Waals surface area contributed by atoms with Crippen molar-refractivity contribution in [3.63, 3.8) is 0 Å². The minimum atomic E-state index is 0.704. The number of halogens is 1. The lowest BCUT2D eigenvalue weighted by Gasteiger charge is -2.04. The van der Waals surface area contributed by atoms with Gasteiger partial charge in [-0.3, -0.25) is 0 Å². The Balaban J connectivity index is 2.01. The highest BCUT2D eigenvalue weighted by molar-refractivity contribution is 9.10. The molecule has 96 valence electrons. The second-order valence-corrected chi connectivity index (χ2v) is 5.50. The van der Waals surface area contributed by atoms with Gasteiger partial charge in [-0.2, -0.15) is 0 Å². The van der Waals surface area contributed by atoms with Crippen LogP contribution in [-0.2, 0) is 11.3 Å². The number of aromatic nitrogens is 2. The number of nitrogens with one attached hydrogen (secondary N) is 1. The molecule has 0 unspecified atom stereocenters. The summed E-state index contributed by atoms with van der Waals surface area (Å²) in [5.41, 5.74) is 0.987. The van der Waals surface area contributed by atoms with Crippen LogP contribution in [0.25, 0.3) is 10.7 Å². The van der Waals surface area contributed by atoms with Gasteiger partial charge in [-0.05, 0) is 28.1 Å². The summed E-state index contributed by atoms with van der Waals surface area (Å²) in [5, 5.41) is 5.30. The molecule has 2 aromatic rings. The zero-order valence-electron chi connectivity index (χ0n) is 10.0. The van der Waals surface area contributed by atoms with Crippen molar-refractivity contribution in [2.24, 2.45) is 0 Å². The third kappa shape index (κ3) is 3.84. The predicted molar refractivity (Wildman–Crippen MR) is 76.6 cm³/mol. The average molecular weight is 328 g/mol. The Morgan fingerprint density at radius 3 is 3.11 bits per heavy atom. The molecule has 0 amide bonds. The summed E-state index contributed by atoms with van der Waals surface area (Å²) >= 11 is 5.07. The summed E-state index contributed by atoms with van der Waals surface area (Å²) in [7, 11) is 1.69. The van der Waals surface area contributed by atoms with Gasteiger partial charge in [0, 0.05) is 36.2 Å². The molecule has 0 fully saturated rings. The zero-order chi connectivity index (χ0) is 12.8. The predicted octanol–water partition coefficient (Wildman–Crippen LogP) is 2.70. The van der Waals surface area contributed by atoms with Crippen molar-refractivity contribution in [2.45, 2.75) is 6.54 Å². The summed E-state index contributed by atoms with van der Waals surface area (Å²) in [5.74, 6) is 0.775. The highest BCUT2D eigenvalue weighted by atomic mass is 79.9. The molecule has 0 spiro atoms. The molecule has 0 saturated heterocycles. The summed E-state index contributed by atoms with van der Waals surface area (Å²) < 4.78 is 6.04. The average Bonchev–Trinajstić information content (AvgIpc) is 2.82. The van der Waals surface area contributed by atoms with Gasteiger partial charge in [-0.25, -0.2) is 9.97 Å². The molecule has 0 aliphatic carbocycles. The van der Waals surface area contributed by atoms with E-state index in [1.165, 1.54) is 0 Å². The number of hydrogen-bond acceptors (Lipinski definition) is 5. The first kappa shape index (κ1) is 13.6. The van der Waals surface area contributed by atoms with Crippen LogP contribution in [0.3, 0.4) is 0 Å². The molecule has 18 heavy (non-hydrogen) atoms. The van der Waals surface area contributed by atoms with Gasteiger partial charge < -0.3 is 10.1 Å². The van der Waals surface area contributed by atoms with Crippen LogP contribution in [0.2, 0.25) is 0 Å². The van der Waals surface area contributed by atoms with Crippen molar-refractivity contribution >= 4 is 27.3 Å². The van der Waals surface area contributed by atoms with Gasteiger partial charge in [-0.15, -0.1) is 11.3 Å². The molecule has 1 N–H and O–H groups in total. The molecule has 2 heterocycles. The monoisotopic (exact) mass is 327 g/mol. The lowest BCUT2D eigenvalue weighted by molar-refractivity contribution is 0.199. The van der Waals surface area contributed by atoms with E-state index < -0.39 is 0 Å². The second kappa shape index (κ2) is 6.94. The fourth-order valence-electron chi connectivity index (χ4n) is 1.43. The van der Waals surface area contributed by atoms with E-state index in [4.69, 9.17) is 4.74 Å². The van der Waals surface area contributed by atoms with E-state index in [-0.39, 0.29) is 0 Å². The van der Waals surface area contributed by atoms with Crippen molar-refractivity contribution in [2.75, 3.05) is 20.3 Å². The molecule has 0 radical (unpaired) electrons. The Labute approximate surface area is 119 Å². The summed E-state index contributed by atoms with van der Waals surface area (Å²) in [6.45, 7) is 2.25. The Morgan fingerprint density at radius 1 is 1.50 bits per heavy atom. The summed E-state index contributed by atoms with van der Waals surface area (Å²) in [6, 6.07) is 3.95. The number of thiophene rings is 1. The maximum atomic E-state index is 4.98. The van der Waals surface area contributed by atoms with Crippen LogP contribution in [-0.4, -0.2) is 30.2 Å². The van der Waals surface area contributed by atoms with E-state index in [2.05, 4.69) is 31.2 Å². The van der Waals surface area contributed by atoms with Gasteiger partial charge in [0.1, 0.15) is 0 Å². The van der Waals surface area contributed by atoms with Crippen LogP contribution in [0, 0.1) is 0 Å². The molecule has 0 saturated carbocycles. The van der Waals surface area contributed by atoms with E-state index >= 15 is 0 Å². The standard InChI is InChI=1S/C12H14BrN3OS/c1-17-5-4-14-7-10-2-3-15-12(16-10)11-6-9(13)8-18-11/h2-3,6,8,14H,4-5,7H2,1H3. The smallest absolute Gasteiger partial charge is 0.169 e. The number of methoxy groups -OCH3 is 1. The normalized spacial score (nSPS) is 10.8. The third-order valence-corrected chi connectivity index (χ3v) is 3.98. The highest BCUT2D eigenvalue weighted by Crippen LogP contribution is 2.27. The molecular formula is C12H14BrN3OS. The van der Waals surface area contributed by atoms with Crippen LogP contribution < -0.4 is 5.32 Å². The summed E-state index contributed by atoms with van der Waals surface area (Å²) in [6.07, 6.45) is 1.79. The summed E-state index contributed by atoms with van der Waals surface area (Å²) in [4.78, 5) is 9.89. The van der Waals surface area contributed by atoms with Gasteiger partial charge in [0.15, 0.2) is 5.82 Å². The van der Waals surface area contributed by atoms with Crippen LogP contribution in [0.5, 0.6) is 0 Å². The largest absolute Gasteiger partial charge is 0.383 e. The van der Waals surface area contributed by atoms with Gasteiger partial charge >= 0.3 is 0 Å². The maximum absolute atomic E-state index is 4.98. The van der Waals surface area contributed by atoms with Crippen LogP contribution in [0.15, 0.2) is 28.2 Å². The van der Waals surface area contributed by atoms with Crippen molar-refractivity contribution < 1.29 is 4.74 Å². The number of ether oxygens (including phenoxy) is 1. The van der Waals surface area contributed by atoms with Crippen LogP contribution in [0.4, 0.5) is 0 Å². The molecule has 0 bridgehead atoms. The van der Waals surface area contributed by atoms with E-state index in [9.17, 15) is 0 Å². The third-order valence-electron chi connectivity index (χ3n) is 2.29. The SMILES string of the molecule is COCCNCc1ccnc(-c2cc(Br)cs2)n1. The Hall–Kier alpha value is -0.820. The first-order valence-corrected chi connectivity index (χ1v) is 7.23. The fraction of sp³-hybridized carbons (Fsp3) is 0.333. The molecule has 4 nitrogen and oxygen atoms in total. The van der Waals surface area contributed by atoms with Gasteiger partial charge in [0.2, 0.25) is 0 Å². The molecule has 0 atom stereocenters. The maximum Gasteiger partial charge on any atom is 0.169 e. The zero-order valence-corrected chi connectivity index (χ0v) is 12.4. The molecule has 0 aromatic carbocycles. The van der Waals surface area contributed by atoms with Crippen molar-refractivity contribution in [1.29, 1.82) is 0 Å².